The first-order valence-corrected chi connectivity index (χ1v) is 4.54. The van der Waals surface area contributed by atoms with E-state index in [0.29, 0.717) is 0 Å². The quantitative estimate of drug-likeness (QED) is 0.305. The molecule has 2 unspecified atom stereocenters. The molecule has 0 radical (unpaired) electrons. The van der Waals surface area contributed by atoms with E-state index in [1.54, 1.807) is 0 Å². The standard InChI is InChI=1S/C8H16N2O6/c1-3(11)5(9)8(15)16-2-4(12)6(10)7(13)14/h3-6,11-12H,2,9-10H2,1H3,(H,13,14)/t3-,4?,5+,6?/m1/s1. The van der Waals surface area contributed by atoms with Crippen LogP contribution in [0.15, 0.2) is 0 Å². The number of nitrogens with two attached hydrogens (primary N) is 2. The van der Waals surface area contributed by atoms with Gasteiger partial charge in [-0.1, -0.05) is 0 Å². The van der Waals surface area contributed by atoms with E-state index in [4.69, 9.17) is 21.7 Å². The Balaban J connectivity index is 4.06. The lowest BCUT2D eigenvalue weighted by Crippen LogP contribution is -2.47. The van der Waals surface area contributed by atoms with E-state index >= 15 is 0 Å². The lowest BCUT2D eigenvalue weighted by atomic mass is 10.2. The van der Waals surface area contributed by atoms with E-state index in [9.17, 15) is 14.7 Å². The van der Waals surface area contributed by atoms with Gasteiger partial charge in [0, 0.05) is 0 Å². The molecular formula is C8H16N2O6. The zero-order valence-corrected chi connectivity index (χ0v) is 8.74. The average Bonchev–Trinajstić information content (AvgIpc) is 2.22. The Bertz CT molecular complexity index is 257. The number of carboxylic acid groups (broad SMARTS) is 1. The van der Waals surface area contributed by atoms with Crippen molar-refractivity contribution in [2.45, 2.75) is 31.2 Å². The van der Waals surface area contributed by atoms with Crippen LogP contribution >= 0.6 is 0 Å². The normalized spacial score (nSPS) is 18.3. The Morgan fingerprint density at radius 3 is 2.12 bits per heavy atom. The summed E-state index contributed by atoms with van der Waals surface area (Å²) in [7, 11) is 0. The van der Waals surface area contributed by atoms with E-state index in [0.717, 1.165) is 0 Å². The van der Waals surface area contributed by atoms with Crippen molar-refractivity contribution in [3.63, 3.8) is 0 Å². The largest absolute Gasteiger partial charge is 0.480 e. The number of hydrogen-bond acceptors (Lipinski definition) is 7. The number of carbonyl (C=O) groups excluding carboxylic acids is 1. The van der Waals surface area contributed by atoms with Gasteiger partial charge < -0.3 is 31.5 Å². The van der Waals surface area contributed by atoms with Crippen molar-refractivity contribution in [2.75, 3.05) is 6.61 Å². The van der Waals surface area contributed by atoms with Crippen LogP contribution in [0.5, 0.6) is 0 Å². The van der Waals surface area contributed by atoms with E-state index < -0.39 is 42.8 Å². The molecule has 0 aromatic heterocycles. The van der Waals surface area contributed by atoms with Gasteiger partial charge in [0.25, 0.3) is 0 Å². The maximum absolute atomic E-state index is 11.1. The van der Waals surface area contributed by atoms with E-state index in [2.05, 4.69) is 4.74 Å². The van der Waals surface area contributed by atoms with Crippen molar-refractivity contribution in [3.8, 4) is 0 Å². The minimum Gasteiger partial charge on any atom is -0.480 e. The van der Waals surface area contributed by atoms with Crippen LogP contribution in [0.1, 0.15) is 6.92 Å². The van der Waals surface area contributed by atoms with E-state index in [1.165, 1.54) is 6.92 Å². The number of rotatable bonds is 6. The van der Waals surface area contributed by atoms with Crippen molar-refractivity contribution >= 4 is 11.9 Å². The third kappa shape index (κ3) is 4.53. The van der Waals surface area contributed by atoms with Crippen LogP contribution in [0.25, 0.3) is 0 Å². The van der Waals surface area contributed by atoms with Crippen LogP contribution < -0.4 is 11.5 Å². The molecule has 8 heteroatoms. The highest BCUT2D eigenvalue weighted by Crippen LogP contribution is 1.97. The lowest BCUT2D eigenvalue weighted by molar-refractivity contribution is -0.154. The molecule has 4 atom stereocenters. The summed E-state index contributed by atoms with van der Waals surface area (Å²) in [4.78, 5) is 21.4. The number of aliphatic carboxylic acids is 1. The first-order valence-electron chi connectivity index (χ1n) is 4.54. The van der Waals surface area contributed by atoms with Gasteiger partial charge >= 0.3 is 11.9 Å². The predicted molar refractivity (Wildman–Crippen MR) is 52.2 cm³/mol. The molecule has 0 saturated carbocycles. The number of ether oxygens (including phenoxy) is 1. The fourth-order valence-electron chi connectivity index (χ4n) is 0.729. The molecule has 94 valence electrons. The summed E-state index contributed by atoms with van der Waals surface area (Å²) < 4.78 is 4.48. The molecule has 0 aliphatic rings. The van der Waals surface area contributed by atoms with Gasteiger partial charge in [0.15, 0.2) is 0 Å². The molecule has 0 rings (SSSR count). The summed E-state index contributed by atoms with van der Waals surface area (Å²) in [5, 5.41) is 26.5. The van der Waals surface area contributed by atoms with Gasteiger partial charge in [0.05, 0.1) is 6.10 Å². The third-order valence-corrected chi connectivity index (χ3v) is 1.89. The lowest BCUT2D eigenvalue weighted by Gasteiger charge is -2.17. The molecule has 0 heterocycles. The first kappa shape index (κ1) is 14.8. The van der Waals surface area contributed by atoms with Gasteiger partial charge in [-0.15, -0.1) is 0 Å². The molecule has 16 heavy (non-hydrogen) atoms. The second-order valence-electron chi connectivity index (χ2n) is 3.33. The minimum atomic E-state index is -1.55. The van der Waals surface area contributed by atoms with Crippen LogP contribution in [0.3, 0.4) is 0 Å². The van der Waals surface area contributed by atoms with Crippen LogP contribution in [-0.2, 0) is 14.3 Å². The molecule has 7 N–H and O–H groups in total. The van der Waals surface area contributed by atoms with E-state index in [-0.39, 0.29) is 0 Å². The topological polar surface area (TPSA) is 156 Å². The Kier molecular flexibility index (Phi) is 5.89. The fourth-order valence-corrected chi connectivity index (χ4v) is 0.729. The second kappa shape index (κ2) is 6.38. The summed E-state index contributed by atoms with van der Waals surface area (Å²) in [5.74, 6) is -2.35. The summed E-state index contributed by atoms with van der Waals surface area (Å²) in [5.41, 5.74) is 10.3. The number of carboxylic acids is 1. The molecule has 0 saturated heterocycles. The highest BCUT2D eigenvalue weighted by atomic mass is 16.5. The monoisotopic (exact) mass is 236 g/mol. The smallest absolute Gasteiger partial charge is 0.325 e. The Morgan fingerprint density at radius 1 is 1.25 bits per heavy atom. The van der Waals surface area contributed by atoms with Crippen LogP contribution in [0, 0.1) is 0 Å². The number of carbonyl (C=O) groups is 2. The molecule has 0 aliphatic carbocycles. The fraction of sp³-hybridized carbons (Fsp3) is 0.750. The molecule has 0 bridgehead atoms. The highest BCUT2D eigenvalue weighted by molar-refractivity contribution is 5.76. The molecular weight excluding hydrogens is 220 g/mol. The molecule has 0 aromatic carbocycles. The number of esters is 1. The number of hydrogen-bond donors (Lipinski definition) is 5. The van der Waals surface area contributed by atoms with Crippen LogP contribution in [0.2, 0.25) is 0 Å². The molecule has 0 fully saturated rings. The van der Waals surface area contributed by atoms with Crippen molar-refractivity contribution < 1.29 is 29.6 Å². The Labute approximate surface area is 91.8 Å². The van der Waals surface area contributed by atoms with Crippen molar-refractivity contribution in [2.24, 2.45) is 11.5 Å². The van der Waals surface area contributed by atoms with Crippen molar-refractivity contribution in [1.82, 2.24) is 0 Å². The van der Waals surface area contributed by atoms with E-state index in [1.807, 2.05) is 0 Å². The minimum absolute atomic E-state index is 0.591. The Hall–Kier alpha value is -1.22. The summed E-state index contributed by atoms with van der Waals surface area (Å²) in [6.07, 6.45) is -2.62. The average molecular weight is 236 g/mol. The van der Waals surface area contributed by atoms with Crippen LogP contribution in [0.4, 0.5) is 0 Å². The predicted octanol–water partition coefficient (Wildman–Crippen LogP) is -2.99. The molecule has 0 spiro atoms. The first-order chi connectivity index (χ1) is 7.27. The molecule has 8 nitrogen and oxygen atoms in total. The van der Waals surface area contributed by atoms with Gasteiger partial charge in [0.1, 0.15) is 24.8 Å². The van der Waals surface area contributed by atoms with Crippen LogP contribution in [-0.4, -0.2) is 58.2 Å². The van der Waals surface area contributed by atoms with Gasteiger partial charge in [-0.2, -0.15) is 0 Å². The second-order valence-corrected chi connectivity index (χ2v) is 3.33. The zero-order chi connectivity index (χ0) is 12.9. The van der Waals surface area contributed by atoms with Gasteiger partial charge in [-0.25, -0.2) is 0 Å². The zero-order valence-electron chi connectivity index (χ0n) is 8.74. The molecule has 0 amide bonds. The van der Waals surface area contributed by atoms with Gasteiger partial charge in [0.2, 0.25) is 0 Å². The van der Waals surface area contributed by atoms with Crippen molar-refractivity contribution in [1.29, 1.82) is 0 Å². The maximum atomic E-state index is 11.1. The highest BCUT2D eigenvalue weighted by Gasteiger charge is 2.26. The summed E-state index contributed by atoms with van der Waals surface area (Å²) >= 11 is 0. The molecule has 0 aromatic rings. The summed E-state index contributed by atoms with van der Waals surface area (Å²) in [6.45, 7) is 0.706. The van der Waals surface area contributed by atoms with Gasteiger partial charge in [-0.3, -0.25) is 9.59 Å². The van der Waals surface area contributed by atoms with Gasteiger partial charge in [-0.05, 0) is 6.92 Å². The Morgan fingerprint density at radius 2 is 1.75 bits per heavy atom. The SMILES string of the molecule is C[C@@H](O)[C@H](N)C(=O)OCC(O)C(N)C(=O)O. The summed E-state index contributed by atoms with van der Waals surface area (Å²) in [6, 6.07) is -2.79. The number of aliphatic hydroxyl groups is 2. The van der Waals surface area contributed by atoms with Crippen molar-refractivity contribution in [3.05, 3.63) is 0 Å². The molecule has 0 aliphatic heterocycles. The third-order valence-electron chi connectivity index (χ3n) is 1.89. The number of aliphatic hydroxyl groups excluding tert-OH is 2. The maximum Gasteiger partial charge on any atom is 0.325 e.